The molecule has 5 rings (SSSR count). The summed E-state index contributed by atoms with van der Waals surface area (Å²) in [6.07, 6.45) is 0.0996. The number of aliphatic hydroxyl groups excluding tert-OH is 1. The van der Waals surface area contributed by atoms with Crippen molar-refractivity contribution in [2.75, 3.05) is 4.90 Å². The predicted octanol–water partition coefficient (Wildman–Crippen LogP) is 5.32. The van der Waals surface area contributed by atoms with Gasteiger partial charge < -0.3 is 30.2 Å². The summed E-state index contributed by atoms with van der Waals surface area (Å²) in [7, 11) is -4.35. The molecule has 0 radical (unpaired) electrons. The largest absolute Gasteiger partial charge is 0.508 e. The van der Waals surface area contributed by atoms with Gasteiger partial charge in [0.2, 0.25) is 0 Å². The van der Waals surface area contributed by atoms with E-state index in [0.717, 1.165) is 5.69 Å². The Morgan fingerprint density at radius 2 is 1.57 bits per heavy atom. The molecule has 4 aromatic carbocycles. The number of hydrogen-bond donors (Lipinski definition) is 5. The fourth-order valence-corrected chi connectivity index (χ4v) is 5.98. The topological polar surface area (TPSA) is 113 Å². The van der Waals surface area contributed by atoms with Crippen LogP contribution in [0.15, 0.2) is 97.1 Å². The Kier molecular flexibility index (Phi) is 8.03. The van der Waals surface area contributed by atoms with Crippen LogP contribution in [0.25, 0.3) is 11.1 Å². The zero-order valence-electron chi connectivity index (χ0n) is 21.3. The second-order valence-electron chi connectivity index (χ2n) is 9.72. The van der Waals surface area contributed by atoms with Crippen LogP contribution in [0.3, 0.4) is 0 Å². The number of phenolic OH excluding ortho intramolecular Hbond substituents is 1. The number of hydrogen-bond acceptors (Lipinski definition) is 4. The van der Waals surface area contributed by atoms with Gasteiger partial charge in [0.1, 0.15) is 11.6 Å². The normalized spacial score (nSPS) is 18.0. The molecule has 5 N–H and O–H groups in total. The number of benzene rings is 4. The molecule has 206 valence electrons. The van der Waals surface area contributed by atoms with Crippen molar-refractivity contribution in [2.45, 2.75) is 31.0 Å². The standard InChI is InChI=1S/C30H28FN2O5PS/c31-22-11-6-20(7-12-22)27(34)17-16-26-29(33(30(40)32-26)23-4-2-1-3-5-23)25-15-10-21(18-28(25)35)19-8-13-24(14-9-19)39(36,37)38/h1-15,18,26-27,29,34-35H,16-17H2,(H,32,40)(H2,36,37,38)/t26-,27+,29-/m1/s1. The van der Waals surface area contributed by atoms with Crippen molar-refractivity contribution in [2.24, 2.45) is 0 Å². The van der Waals surface area contributed by atoms with E-state index in [0.29, 0.717) is 40.2 Å². The molecule has 0 aromatic heterocycles. The summed E-state index contributed by atoms with van der Waals surface area (Å²) in [4.78, 5) is 20.7. The highest BCUT2D eigenvalue weighted by molar-refractivity contribution is 7.80. The van der Waals surface area contributed by atoms with E-state index in [1.165, 1.54) is 24.3 Å². The second kappa shape index (κ2) is 11.5. The first-order valence-electron chi connectivity index (χ1n) is 12.7. The van der Waals surface area contributed by atoms with Crippen molar-refractivity contribution in [1.29, 1.82) is 0 Å². The average Bonchev–Trinajstić information content (AvgIpc) is 3.27. The molecule has 4 aromatic rings. The summed E-state index contributed by atoms with van der Waals surface area (Å²) in [5, 5.41) is 25.8. The Balaban J connectivity index is 1.45. The molecule has 7 nitrogen and oxygen atoms in total. The Labute approximate surface area is 236 Å². The van der Waals surface area contributed by atoms with Gasteiger partial charge in [-0.25, -0.2) is 4.39 Å². The van der Waals surface area contributed by atoms with Gasteiger partial charge in [-0.3, -0.25) is 4.57 Å². The number of aromatic hydroxyl groups is 1. The van der Waals surface area contributed by atoms with Crippen LogP contribution >= 0.6 is 19.8 Å². The summed E-state index contributed by atoms with van der Waals surface area (Å²) >= 11 is 5.72. The summed E-state index contributed by atoms with van der Waals surface area (Å²) in [5.41, 5.74) is 3.48. The third-order valence-electron chi connectivity index (χ3n) is 7.11. The van der Waals surface area contributed by atoms with E-state index in [2.05, 4.69) is 5.32 Å². The number of rotatable bonds is 8. The molecule has 1 saturated heterocycles. The first-order valence-corrected chi connectivity index (χ1v) is 14.7. The van der Waals surface area contributed by atoms with Crippen LogP contribution in [0.1, 0.15) is 36.1 Å². The van der Waals surface area contributed by atoms with Gasteiger partial charge in [-0.2, -0.15) is 0 Å². The van der Waals surface area contributed by atoms with Gasteiger partial charge >= 0.3 is 7.60 Å². The highest BCUT2D eigenvalue weighted by Crippen LogP contribution is 2.42. The second-order valence-corrected chi connectivity index (χ2v) is 11.7. The molecule has 1 fully saturated rings. The number of thiocarbonyl (C=S) groups is 1. The predicted molar refractivity (Wildman–Crippen MR) is 157 cm³/mol. The smallest absolute Gasteiger partial charge is 0.356 e. The molecule has 0 saturated carbocycles. The van der Waals surface area contributed by atoms with Gasteiger partial charge in [0.25, 0.3) is 0 Å². The SMILES string of the molecule is O=P(O)(O)c1ccc(-c2ccc([C@@H]3[C@@H](CC[C@H](O)c4ccc(F)cc4)NC(=S)N3c3ccccc3)c(O)c2)cc1. The van der Waals surface area contributed by atoms with Crippen molar-refractivity contribution in [3.63, 3.8) is 0 Å². The van der Waals surface area contributed by atoms with Crippen molar-refractivity contribution < 1.29 is 29.0 Å². The highest BCUT2D eigenvalue weighted by Gasteiger charge is 2.40. The van der Waals surface area contributed by atoms with E-state index < -0.39 is 13.7 Å². The third-order valence-corrected chi connectivity index (χ3v) is 8.40. The van der Waals surface area contributed by atoms with Crippen molar-refractivity contribution in [3.05, 3.63) is 114 Å². The third kappa shape index (κ3) is 5.94. The van der Waals surface area contributed by atoms with E-state index in [9.17, 15) is 29.0 Å². The Morgan fingerprint density at radius 1 is 0.925 bits per heavy atom. The summed E-state index contributed by atoms with van der Waals surface area (Å²) < 4.78 is 24.9. The first-order chi connectivity index (χ1) is 19.1. The van der Waals surface area contributed by atoms with Gasteiger partial charge in [0, 0.05) is 11.3 Å². The van der Waals surface area contributed by atoms with Gasteiger partial charge in [0.15, 0.2) is 5.11 Å². The van der Waals surface area contributed by atoms with E-state index in [1.54, 1.807) is 30.3 Å². The molecule has 1 aliphatic heterocycles. The molecule has 40 heavy (non-hydrogen) atoms. The van der Waals surface area contributed by atoms with Crippen molar-refractivity contribution >= 4 is 35.9 Å². The van der Waals surface area contributed by atoms with Crippen molar-refractivity contribution in [1.82, 2.24) is 5.32 Å². The molecule has 10 heteroatoms. The van der Waals surface area contributed by atoms with Crippen LogP contribution in [0.2, 0.25) is 0 Å². The van der Waals surface area contributed by atoms with Crippen LogP contribution in [-0.4, -0.2) is 31.2 Å². The molecule has 0 amide bonds. The van der Waals surface area contributed by atoms with Gasteiger partial charge in [-0.15, -0.1) is 0 Å². The van der Waals surface area contributed by atoms with E-state index >= 15 is 0 Å². The molecule has 0 unspecified atom stereocenters. The number of phenols is 1. The molecule has 0 aliphatic carbocycles. The minimum atomic E-state index is -4.35. The zero-order chi connectivity index (χ0) is 28.4. The van der Waals surface area contributed by atoms with Gasteiger partial charge in [0.05, 0.1) is 23.5 Å². The number of nitrogens with one attached hydrogen (secondary N) is 1. The minimum Gasteiger partial charge on any atom is -0.508 e. The molecular formula is C30H28FN2O5PS. The molecule has 0 spiro atoms. The van der Waals surface area contributed by atoms with E-state index in [1.807, 2.05) is 47.4 Å². The van der Waals surface area contributed by atoms with Crippen LogP contribution in [0.5, 0.6) is 5.75 Å². The van der Waals surface area contributed by atoms with Crippen LogP contribution in [-0.2, 0) is 4.57 Å². The number of para-hydroxylation sites is 1. The maximum Gasteiger partial charge on any atom is 0.356 e. The van der Waals surface area contributed by atoms with E-state index in [-0.39, 0.29) is 29.0 Å². The Morgan fingerprint density at radius 3 is 2.20 bits per heavy atom. The molecule has 1 aliphatic rings. The maximum atomic E-state index is 13.3. The minimum absolute atomic E-state index is 0.0399. The summed E-state index contributed by atoms with van der Waals surface area (Å²) in [5.74, 6) is -0.327. The summed E-state index contributed by atoms with van der Waals surface area (Å²) in [6.45, 7) is 0. The lowest BCUT2D eigenvalue weighted by Gasteiger charge is -2.29. The van der Waals surface area contributed by atoms with Crippen LogP contribution < -0.4 is 15.5 Å². The van der Waals surface area contributed by atoms with Crippen molar-refractivity contribution in [3.8, 4) is 16.9 Å². The Hall–Kier alpha value is -3.59. The summed E-state index contributed by atoms with van der Waals surface area (Å²) in [6, 6.07) is 26.0. The monoisotopic (exact) mass is 578 g/mol. The molecule has 1 heterocycles. The van der Waals surface area contributed by atoms with Gasteiger partial charge in [-0.1, -0.05) is 54.6 Å². The van der Waals surface area contributed by atoms with Crippen LogP contribution in [0, 0.1) is 5.82 Å². The Bertz CT molecular complexity index is 1550. The fraction of sp³-hybridized carbons (Fsp3) is 0.167. The molecular weight excluding hydrogens is 550 g/mol. The van der Waals surface area contributed by atoms with E-state index in [4.69, 9.17) is 12.2 Å². The fourth-order valence-electron chi connectivity index (χ4n) is 5.08. The first kappa shape index (κ1) is 28.0. The molecule has 3 atom stereocenters. The lowest BCUT2D eigenvalue weighted by molar-refractivity contribution is 0.159. The lowest BCUT2D eigenvalue weighted by atomic mass is 9.91. The lowest BCUT2D eigenvalue weighted by Crippen LogP contribution is -2.29. The number of aliphatic hydroxyl groups is 1. The molecule has 0 bridgehead atoms. The van der Waals surface area contributed by atoms with Gasteiger partial charge in [-0.05, 0) is 84.2 Å². The number of nitrogens with zero attached hydrogens (tertiary/aromatic N) is 1. The average molecular weight is 579 g/mol. The highest BCUT2D eigenvalue weighted by atomic mass is 32.1. The maximum absolute atomic E-state index is 13.3. The number of anilines is 1. The number of halogens is 1. The van der Waals surface area contributed by atoms with Crippen LogP contribution in [0.4, 0.5) is 10.1 Å². The quantitative estimate of drug-likeness (QED) is 0.141. The zero-order valence-corrected chi connectivity index (χ0v) is 23.0.